The smallest absolute Gasteiger partial charge is 0.347 e. The van der Waals surface area contributed by atoms with Crippen molar-refractivity contribution < 1.29 is 14.6 Å². The van der Waals surface area contributed by atoms with E-state index in [0.29, 0.717) is 17.7 Å². The molecule has 3 rings (SSSR count). The summed E-state index contributed by atoms with van der Waals surface area (Å²) in [6.45, 7) is 4.23. The molecule has 0 saturated carbocycles. The molecular formula is C18H18O3. The third kappa shape index (κ3) is 2.05. The molecule has 2 aromatic rings. The molecular weight excluding hydrogens is 264 g/mol. The Bertz CT molecular complexity index is 643. The highest BCUT2D eigenvalue weighted by molar-refractivity contribution is 5.96. The minimum absolute atomic E-state index is 0.226. The Hall–Kier alpha value is -2.13. The number of hydrogen-bond donors (Lipinski definition) is 1. The molecule has 0 spiro atoms. The maximum absolute atomic E-state index is 12.5. The lowest BCUT2D eigenvalue weighted by atomic mass is 9.91. The van der Waals surface area contributed by atoms with Gasteiger partial charge in [-0.15, -0.1) is 0 Å². The van der Waals surface area contributed by atoms with Crippen LogP contribution in [0.1, 0.15) is 25.0 Å². The van der Waals surface area contributed by atoms with E-state index in [9.17, 15) is 9.90 Å². The van der Waals surface area contributed by atoms with Crippen molar-refractivity contribution in [2.75, 3.05) is 6.61 Å². The van der Waals surface area contributed by atoms with Crippen LogP contribution in [0.15, 0.2) is 48.5 Å². The van der Waals surface area contributed by atoms with E-state index in [1.54, 1.807) is 12.1 Å². The zero-order valence-electron chi connectivity index (χ0n) is 12.2. The fourth-order valence-corrected chi connectivity index (χ4v) is 2.78. The molecule has 2 aromatic carbocycles. The minimum Gasteiger partial charge on any atom is -0.463 e. The first-order valence-electron chi connectivity index (χ1n) is 7.14. The van der Waals surface area contributed by atoms with E-state index in [2.05, 4.69) is 0 Å². The van der Waals surface area contributed by atoms with Gasteiger partial charge in [-0.25, -0.2) is 4.79 Å². The highest BCUT2D eigenvalue weighted by Crippen LogP contribution is 2.47. The quantitative estimate of drug-likeness (QED) is 0.880. The molecule has 1 aliphatic rings. The lowest BCUT2D eigenvalue weighted by molar-refractivity contribution is -0.162. The number of fused-ring (bicyclic) bond motifs is 3. The first kappa shape index (κ1) is 13.8. The Morgan fingerprint density at radius 3 is 2.00 bits per heavy atom. The van der Waals surface area contributed by atoms with Gasteiger partial charge in [0.05, 0.1) is 6.61 Å². The van der Waals surface area contributed by atoms with Gasteiger partial charge in [0, 0.05) is 11.1 Å². The summed E-state index contributed by atoms with van der Waals surface area (Å²) in [6.07, 6.45) is 0. The molecule has 3 nitrogen and oxygen atoms in total. The molecule has 0 unspecified atom stereocenters. The van der Waals surface area contributed by atoms with Gasteiger partial charge in [-0.1, -0.05) is 62.4 Å². The number of carbonyl (C=O) groups excluding carboxylic acids is 1. The van der Waals surface area contributed by atoms with Crippen LogP contribution in [0.2, 0.25) is 0 Å². The van der Waals surface area contributed by atoms with Crippen molar-refractivity contribution in [2.45, 2.75) is 19.4 Å². The average molecular weight is 282 g/mol. The van der Waals surface area contributed by atoms with E-state index in [-0.39, 0.29) is 5.92 Å². The molecule has 1 aliphatic carbocycles. The van der Waals surface area contributed by atoms with E-state index in [0.717, 1.165) is 11.1 Å². The van der Waals surface area contributed by atoms with Gasteiger partial charge in [0.15, 0.2) is 0 Å². The molecule has 108 valence electrons. The van der Waals surface area contributed by atoms with Crippen molar-refractivity contribution in [2.24, 2.45) is 5.92 Å². The second-order valence-electron chi connectivity index (χ2n) is 5.79. The topological polar surface area (TPSA) is 46.5 Å². The number of benzene rings is 2. The molecule has 0 aliphatic heterocycles. The Labute approximate surface area is 124 Å². The summed E-state index contributed by atoms with van der Waals surface area (Å²) in [5, 5.41) is 11.1. The zero-order chi connectivity index (χ0) is 15.0. The van der Waals surface area contributed by atoms with E-state index in [1.165, 1.54) is 0 Å². The summed E-state index contributed by atoms with van der Waals surface area (Å²) in [4.78, 5) is 12.5. The molecule has 0 fully saturated rings. The molecule has 21 heavy (non-hydrogen) atoms. The summed E-state index contributed by atoms with van der Waals surface area (Å²) in [5.74, 6) is -0.377. The van der Waals surface area contributed by atoms with Crippen LogP contribution in [0.5, 0.6) is 0 Å². The molecule has 0 atom stereocenters. The molecule has 0 aromatic heterocycles. The fourth-order valence-electron chi connectivity index (χ4n) is 2.78. The maximum Gasteiger partial charge on any atom is 0.347 e. The fraction of sp³-hybridized carbons (Fsp3) is 0.278. The van der Waals surface area contributed by atoms with Crippen molar-refractivity contribution in [1.29, 1.82) is 0 Å². The Morgan fingerprint density at radius 2 is 1.52 bits per heavy atom. The summed E-state index contributed by atoms with van der Waals surface area (Å²) in [6, 6.07) is 14.9. The molecule has 0 radical (unpaired) electrons. The third-order valence-electron chi connectivity index (χ3n) is 3.77. The zero-order valence-corrected chi connectivity index (χ0v) is 12.2. The minimum atomic E-state index is -1.71. The van der Waals surface area contributed by atoms with Crippen molar-refractivity contribution in [3.63, 3.8) is 0 Å². The van der Waals surface area contributed by atoms with Crippen LogP contribution >= 0.6 is 0 Å². The predicted octanol–water partition coefficient (Wildman–Crippen LogP) is 3.10. The first-order chi connectivity index (χ1) is 10.0. The van der Waals surface area contributed by atoms with E-state index in [1.807, 2.05) is 50.2 Å². The largest absolute Gasteiger partial charge is 0.463 e. The monoisotopic (exact) mass is 282 g/mol. The van der Waals surface area contributed by atoms with Gasteiger partial charge < -0.3 is 9.84 Å². The highest BCUT2D eigenvalue weighted by Gasteiger charge is 2.49. The number of esters is 1. The van der Waals surface area contributed by atoms with E-state index in [4.69, 9.17) is 4.74 Å². The van der Waals surface area contributed by atoms with Gasteiger partial charge in [-0.05, 0) is 17.0 Å². The van der Waals surface area contributed by atoms with E-state index < -0.39 is 11.6 Å². The Balaban J connectivity index is 2.11. The van der Waals surface area contributed by atoms with Crippen molar-refractivity contribution in [1.82, 2.24) is 0 Å². The Kier molecular flexibility index (Phi) is 3.30. The van der Waals surface area contributed by atoms with Gasteiger partial charge in [-0.3, -0.25) is 0 Å². The van der Waals surface area contributed by atoms with Crippen LogP contribution in [-0.2, 0) is 15.1 Å². The van der Waals surface area contributed by atoms with Crippen LogP contribution in [0.25, 0.3) is 11.1 Å². The standard InChI is InChI=1S/C18H18O3/c1-12(2)11-21-17(19)18(20)15-9-5-3-7-13(15)14-8-4-6-10-16(14)18/h3-10,12,20H,11H2,1-2H3. The van der Waals surface area contributed by atoms with Crippen LogP contribution in [0.4, 0.5) is 0 Å². The highest BCUT2D eigenvalue weighted by atomic mass is 16.5. The molecule has 3 heteroatoms. The van der Waals surface area contributed by atoms with Crippen molar-refractivity contribution >= 4 is 5.97 Å². The molecule has 0 bridgehead atoms. The van der Waals surface area contributed by atoms with Crippen LogP contribution in [0.3, 0.4) is 0 Å². The summed E-state index contributed by atoms with van der Waals surface area (Å²) < 4.78 is 5.32. The van der Waals surface area contributed by atoms with Gasteiger partial charge in [0.25, 0.3) is 0 Å². The third-order valence-corrected chi connectivity index (χ3v) is 3.77. The number of aliphatic hydroxyl groups is 1. The molecule has 0 saturated heterocycles. The van der Waals surface area contributed by atoms with Crippen LogP contribution in [-0.4, -0.2) is 17.7 Å². The predicted molar refractivity (Wildman–Crippen MR) is 80.7 cm³/mol. The second kappa shape index (κ2) is 5.01. The number of carbonyl (C=O) groups is 1. The number of rotatable bonds is 3. The molecule has 0 heterocycles. The lowest BCUT2D eigenvalue weighted by Gasteiger charge is -2.24. The van der Waals surface area contributed by atoms with Gasteiger partial charge >= 0.3 is 5.97 Å². The lowest BCUT2D eigenvalue weighted by Crippen LogP contribution is -2.37. The van der Waals surface area contributed by atoms with Gasteiger partial charge in [0.1, 0.15) is 0 Å². The average Bonchev–Trinajstić information content (AvgIpc) is 2.77. The molecule has 0 amide bonds. The normalized spacial score (nSPS) is 14.7. The number of hydrogen-bond acceptors (Lipinski definition) is 3. The summed E-state index contributed by atoms with van der Waals surface area (Å²) >= 11 is 0. The van der Waals surface area contributed by atoms with E-state index >= 15 is 0 Å². The van der Waals surface area contributed by atoms with Crippen LogP contribution in [0, 0.1) is 5.92 Å². The second-order valence-corrected chi connectivity index (χ2v) is 5.79. The summed E-state index contributed by atoms with van der Waals surface area (Å²) in [5.41, 5.74) is 1.26. The van der Waals surface area contributed by atoms with Crippen molar-refractivity contribution in [3.05, 3.63) is 59.7 Å². The first-order valence-corrected chi connectivity index (χ1v) is 7.14. The maximum atomic E-state index is 12.5. The van der Waals surface area contributed by atoms with Crippen molar-refractivity contribution in [3.8, 4) is 11.1 Å². The summed E-state index contributed by atoms with van der Waals surface area (Å²) in [7, 11) is 0. The SMILES string of the molecule is CC(C)COC(=O)C1(O)c2ccccc2-c2ccccc21. The Morgan fingerprint density at radius 1 is 1.05 bits per heavy atom. The van der Waals surface area contributed by atoms with Crippen LogP contribution < -0.4 is 0 Å². The van der Waals surface area contributed by atoms with Gasteiger partial charge in [0.2, 0.25) is 5.60 Å². The van der Waals surface area contributed by atoms with Gasteiger partial charge in [-0.2, -0.15) is 0 Å². The molecule has 1 N–H and O–H groups in total. The number of ether oxygens (including phenoxy) is 1.